The van der Waals surface area contributed by atoms with E-state index in [9.17, 15) is 9.90 Å². The zero-order valence-electron chi connectivity index (χ0n) is 11.8. The Morgan fingerprint density at radius 2 is 2.00 bits per heavy atom. The fraction of sp³-hybridized carbons (Fsp3) is 0.533. The molecule has 0 spiro atoms. The molecule has 104 valence electrons. The summed E-state index contributed by atoms with van der Waals surface area (Å²) in [6.07, 6.45) is 0.251. The minimum atomic E-state index is -0.364. The summed E-state index contributed by atoms with van der Waals surface area (Å²) in [5, 5.41) is 9.44. The Morgan fingerprint density at radius 1 is 1.26 bits per heavy atom. The molecule has 1 saturated heterocycles. The quantitative estimate of drug-likeness (QED) is 0.904. The van der Waals surface area contributed by atoms with E-state index in [1.54, 1.807) is 6.92 Å². The molecule has 4 nitrogen and oxygen atoms in total. The molecule has 1 aromatic carbocycles. The van der Waals surface area contributed by atoms with Gasteiger partial charge in [0, 0.05) is 24.8 Å². The number of rotatable bonds is 4. The summed E-state index contributed by atoms with van der Waals surface area (Å²) in [4.78, 5) is 16.0. The highest BCUT2D eigenvalue weighted by molar-refractivity contribution is 5.94. The largest absolute Gasteiger partial charge is 0.393 e. The molecule has 1 aliphatic heterocycles. The molecule has 1 atom stereocenters. The van der Waals surface area contributed by atoms with Crippen molar-refractivity contribution in [1.82, 2.24) is 4.90 Å². The monoisotopic (exact) mass is 262 g/mol. The average Bonchev–Trinajstić information content (AvgIpc) is 2.70. The molecule has 0 bridgehead atoms. The molecule has 0 radical (unpaired) electrons. The number of aliphatic hydroxyl groups is 1. The Labute approximate surface area is 114 Å². The zero-order chi connectivity index (χ0) is 14.0. The molecular formula is C15H22N2O2. The predicted molar refractivity (Wildman–Crippen MR) is 76.4 cm³/mol. The number of nitrogens with zero attached hydrogens (tertiary/aromatic N) is 2. The number of carbonyl (C=O) groups is 1. The van der Waals surface area contributed by atoms with Crippen molar-refractivity contribution in [3.05, 3.63) is 29.8 Å². The third-order valence-electron chi connectivity index (χ3n) is 3.42. The third kappa shape index (κ3) is 3.07. The molecule has 1 heterocycles. The van der Waals surface area contributed by atoms with Gasteiger partial charge in [0.15, 0.2) is 0 Å². The molecule has 4 heteroatoms. The molecule has 2 rings (SSSR count). The van der Waals surface area contributed by atoms with Crippen molar-refractivity contribution in [3.63, 3.8) is 0 Å². The molecule has 19 heavy (non-hydrogen) atoms. The summed E-state index contributed by atoms with van der Waals surface area (Å²) in [5.41, 5.74) is 1.98. The zero-order valence-corrected chi connectivity index (χ0v) is 11.8. The first-order valence-electron chi connectivity index (χ1n) is 6.84. The molecule has 1 N–H and O–H groups in total. The van der Waals surface area contributed by atoms with Crippen molar-refractivity contribution in [1.29, 1.82) is 0 Å². The lowest BCUT2D eigenvalue weighted by atomic mass is 10.1. The molecule has 0 aromatic heterocycles. The number of aliphatic hydroxyl groups excluding tert-OH is 1. The number of amides is 2. The Hall–Kier alpha value is -1.55. The number of hydrogen-bond donors (Lipinski definition) is 1. The van der Waals surface area contributed by atoms with Gasteiger partial charge in [-0.3, -0.25) is 4.90 Å². The van der Waals surface area contributed by atoms with Gasteiger partial charge in [0.05, 0.1) is 6.10 Å². The Kier molecular flexibility index (Phi) is 4.10. The van der Waals surface area contributed by atoms with E-state index >= 15 is 0 Å². The van der Waals surface area contributed by atoms with Crippen LogP contribution in [0.15, 0.2) is 24.3 Å². The summed E-state index contributed by atoms with van der Waals surface area (Å²) in [6.45, 7) is 7.34. The molecule has 1 aliphatic rings. The van der Waals surface area contributed by atoms with Gasteiger partial charge in [0.25, 0.3) is 0 Å². The van der Waals surface area contributed by atoms with Crippen LogP contribution in [0.3, 0.4) is 0 Å². The van der Waals surface area contributed by atoms with E-state index < -0.39 is 0 Å². The molecule has 1 aromatic rings. The lowest BCUT2D eigenvalue weighted by Crippen LogP contribution is -2.36. The normalized spacial score (nSPS) is 17.4. The van der Waals surface area contributed by atoms with Crippen LogP contribution in [0.25, 0.3) is 0 Å². The van der Waals surface area contributed by atoms with Gasteiger partial charge in [0.2, 0.25) is 0 Å². The fourth-order valence-electron chi connectivity index (χ4n) is 2.47. The van der Waals surface area contributed by atoms with Gasteiger partial charge < -0.3 is 10.0 Å². The van der Waals surface area contributed by atoms with E-state index in [-0.39, 0.29) is 18.2 Å². The molecular weight excluding hydrogens is 240 g/mol. The number of anilines is 1. The minimum Gasteiger partial charge on any atom is -0.393 e. The first-order valence-corrected chi connectivity index (χ1v) is 6.84. The Bertz CT molecular complexity index is 457. The smallest absolute Gasteiger partial charge is 0.324 e. The number of hydrogen-bond acceptors (Lipinski definition) is 2. The maximum Gasteiger partial charge on any atom is 0.324 e. The van der Waals surface area contributed by atoms with Gasteiger partial charge in [-0.25, -0.2) is 4.79 Å². The van der Waals surface area contributed by atoms with Crippen LogP contribution in [0.2, 0.25) is 0 Å². The van der Waals surface area contributed by atoms with E-state index in [0.717, 1.165) is 24.3 Å². The summed E-state index contributed by atoms with van der Waals surface area (Å²) in [5.74, 6) is 0. The second-order valence-electron chi connectivity index (χ2n) is 5.44. The van der Waals surface area contributed by atoms with E-state index in [4.69, 9.17) is 0 Å². The first kappa shape index (κ1) is 13.9. The van der Waals surface area contributed by atoms with Gasteiger partial charge in [-0.1, -0.05) is 12.1 Å². The van der Waals surface area contributed by atoms with Gasteiger partial charge in [-0.15, -0.1) is 0 Å². The van der Waals surface area contributed by atoms with Crippen LogP contribution in [0, 0.1) is 0 Å². The maximum atomic E-state index is 12.3. The second-order valence-corrected chi connectivity index (χ2v) is 5.44. The summed E-state index contributed by atoms with van der Waals surface area (Å²) >= 11 is 0. The maximum absolute atomic E-state index is 12.3. The number of urea groups is 1. The highest BCUT2D eigenvalue weighted by atomic mass is 16.3. The fourth-order valence-corrected chi connectivity index (χ4v) is 2.47. The Morgan fingerprint density at radius 3 is 2.58 bits per heavy atom. The summed E-state index contributed by atoms with van der Waals surface area (Å²) in [7, 11) is 0. The van der Waals surface area contributed by atoms with Crippen molar-refractivity contribution in [3.8, 4) is 0 Å². The van der Waals surface area contributed by atoms with Crippen LogP contribution in [0.1, 0.15) is 26.3 Å². The van der Waals surface area contributed by atoms with Crippen LogP contribution >= 0.6 is 0 Å². The van der Waals surface area contributed by atoms with Gasteiger partial charge in [0.1, 0.15) is 0 Å². The topological polar surface area (TPSA) is 43.8 Å². The van der Waals surface area contributed by atoms with E-state index in [0.29, 0.717) is 6.42 Å². The van der Waals surface area contributed by atoms with Crippen LogP contribution in [0.4, 0.5) is 10.5 Å². The molecule has 0 saturated carbocycles. The molecule has 1 fully saturated rings. The van der Waals surface area contributed by atoms with Gasteiger partial charge in [-0.2, -0.15) is 0 Å². The van der Waals surface area contributed by atoms with Crippen molar-refractivity contribution < 1.29 is 9.90 Å². The molecule has 0 aliphatic carbocycles. The van der Waals surface area contributed by atoms with Crippen LogP contribution in [-0.4, -0.2) is 41.3 Å². The third-order valence-corrected chi connectivity index (χ3v) is 3.42. The van der Waals surface area contributed by atoms with Crippen LogP contribution < -0.4 is 4.90 Å². The van der Waals surface area contributed by atoms with Crippen molar-refractivity contribution >= 4 is 11.7 Å². The van der Waals surface area contributed by atoms with Crippen molar-refractivity contribution in [2.45, 2.75) is 39.3 Å². The average molecular weight is 262 g/mol. The number of benzene rings is 1. The van der Waals surface area contributed by atoms with Crippen molar-refractivity contribution in [2.24, 2.45) is 0 Å². The van der Waals surface area contributed by atoms with E-state index in [1.807, 2.05) is 47.9 Å². The lowest BCUT2D eigenvalue weighted by Gasteiger charge is -2.22. The highest BCUT2D eigenvalue weighted by Gasteiger charge is 2.30. The predicted octanol–water partition coefficient (Wildman–Crippen LogP) is 2.26. The van der Waals surface area contributed by atoms with Crippen LogP contribution in [0.5, 0.6) is 0 Å². The standard InChI is InChI=1S/C15H22N2O2/c1-11(2)16-7-8-17(15(16)19)14-6-4-5-13(10-14)9-12(3)18/h4-6,10-12,18H,7-9H2,1-3H3. The summed E-state index contributed by atoms with van der Waals surface area (Å²) < 4.78 is 0. The van der Waals surface area contributed by atoms with Gasteiger partial charge in [-0.05, 0) is 44.9 Å². The van der Waals surface area contributed by atoms with Crippen LogP contribution in [-0.2, 0) is 6.42 Å². The minimum absolute atomic E-state index is 0.0733. The SMILES string of the molecule is CC(O)Cc1cccc(N2CCN(C(C)C)C2=O)c1. The lowest BCUT2D eigenvalue weighted by molar-refractivity contribution is 0.195. The second kappa shape index (κ2) is 5.61. The number of carbonyl (C=O) groups excluding carboxylic acids is 1. The van der Waals surface area contributed by atoms with E-state index in [1.165, 1.54) is 0 Å². The first-order chi connectivity index (χ1) is 8.99. The molecule has 1 unspecified atom stereocenters. The Balaban J connectivity index is 2.17. The van der Waals surface area contributed by atoms with Gasteiger partial charge >= 0.3 is 6.03 Å². The van der Waals surface area contributed by atoms with E-state index in [2.05, 4.69) is 0 Å². The summed E-state index contributed by atoms with van der Waals surface area (Å²) in [6, 6.07) is 8.18. The highest BCUT2D eigenvalue weighted by Crippen LogP contribution is 2.23. The van der Waals surface area contributed by atoms with Crippen molar-refractivity contribution in [2.75, 3.05) is 18.0 Å². The molecule has 2 amide bonds.